The highest BCUT2D eigenvalue weighted by Crippen LogP contribution is 2.22. The Morgan fingerprint density at radius 1 is 0.778 bits per heavy atom. The number of carbonyl (C=O) groups excluding carboxylic acids is 2. The van der Waals surface area contributed by atoms with E-state index in [9.17, 15) is 9.59 Å². The van der Waals surface area contributed by atoms with Crippen molar-refractivity contribution in [3.05, 3.63) is 89.4 Å². The van der Waals surface area contributed by atoms with Crippen molar-refractivity contribution < 1.29 is 14.3 Å². The maximum absolute atomic E-state index is 12.1. The van der Waals surface area contributed by atoms with Crippen LogP contribution in [-0.2, 0) is 4.79 Å². The Balaban J connectivity index is 1.50. The first-order chi connectivity index (χ1) is 13.1. The summed E-state index contributed by atoms with van der Waals surface area (Å²) >= 11 is 5.95. The number of hydrogen-bond donors (Lipinski definition) is 2. The number of para-hydroxylation sites is 1. The van der Waals surface area contributed by atoms with E-state index >= 15 is 0 Å². The van der Waals surface area contributed by atoms with Crippen molar-refractivity contribution in [2.75, 3.05) is 6.61 Å². The normalized spacial score (nSPS) is 10.1. The number of ether oxygens (including phenoxy) is 1. The number of nitrogens with one attached hydrogen (secondary N) is 2. The first kappa shape index (κ1) is 18.5. The molecular formula is C21H17ClN2O3. The van der Waals surface area contributed by atoms with Crippen molar-refractivity contribution >= 4 is 23.4 Å². The molecule has 0 fully saturated rings. The molecule has 136 valence electrons. The first-order valence-electron chi connectivity index (χ1n) is 8.25. The molecule has 3 rings (SSSR count). The molecule has 0 saturated carbocycles. The molecule has 3 aromatic rings. The minimum absolute atomic E-state index is 0.267. The van der Waals surface area contributed by atoms with E-state index in [4.69, 9.17) is 16.3 Å². The number of hydrogen-bond acceptors (Lipinski definition) is 3. The van der Waals surface area contributed by atoms with Gasteiger partial charge in [0.15, 0.2) is 6.61 Å². The standard InChI is InChI=1S/C21H17ClN2O3/c22-18-8-4-5-9-19(18)27-14-20(25)23-24-21(26)17-12-10-16(11-13-17)15-6-2-1-3-7-15/h1-13H,14H2,(H,23,25)(H,24,26). The quantitative estimate of drug-likeness (QED) is 0.661. The molecule has 0 spiro atoms. The lowest BCUT2D eigenvalue weighted by Gasteiger charge is -2.10. The third-order valence-electron chi connectivity index (χ3n) is 3.77. The summed E-state index contributed by atoms with van der Waals surface area (Å²) < 4.78 is 5.31. The molecule has 27 heavy (non-hydrogen) atoms. The third-order valence-corrected chi connectivity index (χ3v) is 4.08. The Morgan fingerprint density at radius 3 is 2.11 bits per heavy atom. The predicted octanol–water partition coefficient (Wildman–Crippen LogP) is 3.85. The largest absolute Gasteiger partial charge is 0.482 e. The molecule has 0 unspecified atom stereocenters. The summed E-state index contributed by atoms with van der Waals surface area (Å²) in [6, 6.07) is 23.8. The van der Waals surface area contributed by atoms with Crippen LogP contribution in [0, 0.1) is 0 Å². The molecule has 0 radical (unpaired) electrons. The lowest BCUT2D eigenvalue weighted by atomic mass is 10.0. The highest BCUT2D eigenvalue weighted by molar-refractivity contribution is 6.32. The second-order valence-corrected chi connectivity index (χ2v) is 6.07. The lowest BCUT2D eigenvalue weighted by molar-refractivity contribution is -0.123. The average Bonchev–Trinajstić information content (AvgIpc) is 2.72. The van der Waals surface area contributed by atoms with Gasteiger partial charge in [-0.1, -0.05) is 66.2 Å². The Labute approximate surface area is 161 Å². The number of amides is 2. The fourth-order valence-electron chi connectivity index (χ4n) is 2.38. The van der Waals surface area contributed by atoms with Gasteiger partial charge in [-0.2, -0.15) is 0 Å². The maximum Gasteiger partial charge on any atom is 0.276 e. The summed E-state index contributed by atoms with van der Waals surface area (Å²) in [4.78, 5) is 23.9. The van der Waals surface area contributed by atoms with Crippen molar-refractivity contribution in [3.63, 3.8) is 0 Å². The van der Waals surface area contributed by atoms with Gasteiger partial charge in [-0.05, 0) is 35.4 Å². The number of rotatable bonds is 5. The lowest BCUT2D eigenvalue weighted by Crippen LogP contribution is -2.43. The van der Waals surface area contributed by atoms with Crippen molar-refractivity contribution in [2.45, 2.75) is 0 Å². The summed E-state index contributed by atoms with van der Waals surface area (Å²) in [6.07, 6.45) is 0. The van der Waals surface area contributed by atoms with Crippen LogP contribution in [-0.4, -0.2) is 18.4 Å². The van der Waals surface area contributed by atoms with Crippen molar-refractivity contribution in [3.8, 4) is 16.9 Å². The predicted molar refractivity (Wildman–Crippen MR) is 104 cm³/mol. The molecule has 2 N–H and O–H groups in total. The minimum atomic E-state index is -0.496. The molecule has 6 heteroatoms. The van der Waals surface area contributed by atoms with E-state index in [1.54, 1.807) is 36.4 Å². The van der Waals surface area contributed by atoms with Crippen LogP contribution >= 0.6 is 11.6 Å². The minimum Gasteiger partial charge on any atom is -0.482 e. The van der Waals surface area contributed by atoms with Gasteiger partial charge in [-0.3, -0.25) is 20.4 Å². The van der Waals surface area contributed by atoms with Crippen molar-refractivity contribution in [2.24, 2.45) is 0 Å². The van der Waals surface area contributed by atoms with Gasteiger partial charge < -0.3 is 4.74 Å². The maximum atomic E-state index is 12.1. The molecule has 0 atom stereocenters. The number of halogens is 1. The first-order valence-corrected chi connectivity index (χ1v) is 8.63. The SMILES string of the molecule is O=C(COc1ccccc1Cl)NNC(=O)c1ccc(-c2ccccc2)cc1. The molecule has 0 saturated heterocycles. The molecule has 0 aliphatic heterocycles. The second-order valence-electron chi connectivity index (χ2n) is 5.66. The topological polar surface area (TPSA) is 67.4 Å². The summed E-state index contributed by atoms with van der Waals surface area (Å²) in [6.45, 7) is -0.267. The van der Waals surface area contributed by atoms with Gasteiger partial charge in [-0.15, -0.1) is 0 Å². The zero-order chi connectivity index (χ0) is 19.1. The molecular weight excluding hydrogens is 364 g/mol. The van der Waals surface area contributed by atoms with Crippen LogP contribution in [0.1, 0.15) is 10.4 Å². The van der Waals surface area contributed by atoms with E-state index < -0.39 is 11.8 Å². The third kappa shape index (κ3) is 5.09. The fraction of sp³-hybridized carbons (Fsp3) is 0.0476. The van der Waals surface area contributed by atoms with E-state index in [0.29, 0.717) is 16.3 Å². The average molecular weight is 381 g/mol. The molecule has 0 heterocycles. The highest BCUT2D eigenvalue weighted by Gasteiger charge is 2.09. The molecule has 0 aromatic heterocycles. The molecule has 0 aliphatic carbocycles. The van der Waals surface area contributed by atoms with Crippen LogP contribution in [0.25, 0.3) is 11.1 Å². The van der Waals surface area contributed by atoms with Crippen LogP contribution in [0.3, 0.4) is 0 Å². The zero-order valence-electron chi connectivity index (χ0n) is 14.3. The van der Waals surface area contributed by atoms with Gasteiger partial charge in [0.05, 0.1) is 5.02 Å². The molecule has 3 aromatic carbocycles. The second kappa shape index (κ2) is 8.87. The van der Waals surface area contributed by atoms with E-state index in [-0.39, 0.29) is 6.61 Å². The van der Waals surface area contributed by atoms with Gasteiger partial charge in [0.1, 0.15) is 5.75 Å². The number of carbonyl (C=O) groups is 2. The monoisotopic (exact) mass is 380 g/mol. The van der Waals surface area contributed by atoms with E-state index in [0.717, 1.165) is 11.1 Å². The van der Waals surface area contributed by atoms with Crippen LogP contribution in [0.15, 0.2) is 78.9 Å². The van der Waals surface area contributed by atoms with Gasteiger partial charge in [0.2, 0.25) is 0 Å². The van der Waals surface area contributed by atoms with Crippen molar-refractivity contribution in [1.82, 2.24) is 10.9 Å². The highest BCUT2D eigenvalue weighted by atomic mass is 35.5. The Morgan fingerprint density at radius 2 is 1.41 bits per heavy atom. The summed E-state index contributed by atoms with van der Waals surface area (Å²) in [5.41, 5.74) is 7.17. The Hall–Kier alpha value is -3.31. The molecule has 2 amide bonds. The molecule has 0 bridgehead atoms. The fourth-order valence-corrected chi connectivity index (χ4v) is 2.57. The van der Waals surface area contributed by atoms with E-state index in [2.05, 4.69) is 10.9 Å². The van der Waals surface area contributed by atoms with Gasteiger partial charge in [0, 0.05) is 5.56 Å². The molecule has 0 aliphatic rings. The van der Waals surface area contributed by atoms with Gasteiger partial charge in [0.25, 0.3) is 11.8 Å². The van der Waals surface area contributed by atoms with Gasteiger partial charge in [-0.25, -0.2) is 0 Å². The van der Waals surface area contributed by atoms with E-state index in [1.807, 2.05) is 42.5 Å². The Kier molecular flexibility index (Phi) is 6.07. The molecule has 5 nitrogen and oxygen atoms in total. The Bertz CT molecular complexity index is 928. The smallest absolute Gasteiger partial charge is 0.276 e. The van der Waals surface area contributed by atoms with Crippen LogP contribution in [0.4, 0.5) is 0 Å². The van der Waals surface area contributed by atoms with Gasteiger partial charge >= 0.3 is 0 Å². The van der Waals surface area contributed by atoms with Crippen LogP contribution in [0.2, 0.25) is 5.02 Å². The van der Waals surface area contributed by atoms with Crippen LogP contribution < -0.4 is 15.6 Å². The summed E-state index contributed by atoms with van der Waals surface area (Å²) in [5.74, 6) is -0.512. The van der Waals surface area contributed by atoms with E-state index in [1.165, 1.54) is 0 Å². The van der Waals surface area contributed by atoms with Crippen molar-refractivity contribution in [1.29, 1.82) is 0 Å². The zero-order valence-corrected chi connectivity index (χ0v) is 15.1. The van der Waals surface area contributed by atoms with Crippen LogP contribution in [0.5, 0.6) is 5.75 Å². The summed E-state index contributed by atoms with van der Waals surface area (Å²) in [5, 5.41) is 0.410. The summed E-state index contributed by atoms with van der Waals surface area (Å²) in [7, 11) is 0. The number of benzene rings is 3. The number of hydrazine groups is 1.